The molecule has 0 aliphatic carbocycles. The van der Waals surface area contributed by atoms with Gasteiger partial charge in [-0.15, -0.1) is 0 Å². The third-order valence-electron chi connectivity index (χ3n) is 8.47. The second-order valence-corrected chi connectivity index (χ2v) is 11.3. The van der Waals surface area contributed by atoms with E-state index in [0.717, 1.165) is 51.1 Å². The monoisotopic (exact) mass is 600 g/mol. The van der Waals surface area contributed by atoms with Crippen molar-refractivity contribution in [2.24, 2.45) is 5.73 Å². The topological polar surface area (TPSA) is 102 Å². The zero-order valence-electron chi connectivity index (χ0n) is 26.0. The van der Waals surface area contributed by atoms with Gasteiger partial charge >= 0.3 is 5.97 Å². The molecule has 5 rings (SSSR count). The zero-order valence-corrected chi connectivity index (χ0v) is 26.0. The van der Waals surface area contributed by atoms with Crippen molar-refractivity contribution in [3.05, 3.63) is 94.8 Å². The molecule has 4 aromatic carbocycles. The third kappa shape index (κ3) is 7.03. The number of rotatable bonds is 9. The van der Waals surface area contributed by atoms with E-state index in [-0.39, 0.29) is 12.0 Å². The minimum absolute atomic E-state index is 0.0208. The number of carboxylic acids is 1. The normalized spacial score (nSPS) is 16.3. The molecule has 0 aromatic heterocycles. The van der Waals surface area contributed by atoms with Crippen molar-refractivity contribution in [2.75, 3.05) is 14.2 Å². The van der Waals surface area contributed by atoms with Crippen molar-refractivity contribution >= 4 is 22.6 Å². The van der Waals surface area contributed by atoms with Crippen LogP contribution >= 0.6 is 0 Å². The highest BCUT2D eigenvalue weighted by atomic mass is 19.1. The fraction of sp³-hybridized carbons (Fsp3) is 0.333. The number of primary amides is 1. The molecule has 2 unspecified atom stereocenters. The van der Waals surface area contributed by atoms with Crippen LogP contribution in [0.3, 0.4) is 0 Å². The second kappa shape index (κ2) is 14.4. The number of amides is 1. The number of benzene rings is 4. The first-order chi connectivity index (χ1) is 21.1. The van der Waals surface area contributed by atoms with E-state index in [9.17, 15) is 14.0 Å². The summed E-state index contributed by atoms with van der Waals surface area (Å²) in [6.45, 7) is 7.06. The number of carboxylic acid groups (broad SMARTS) is 1. The number of aryl methyl sites for hydroxylation is 2. The lowest BCUT2D eigenvalue weighted by Crippen LogP contribution is -2.32. The SMILES string of the molecule is COc1ccc(CN2C(C)CCC2C)c(OC)c1-c1cccc2c(CCC(=O)O)cccc12.Cc1cccc(F)c1C(N)=O. The molecule has 0 spiro atoms. The van der Waals surface area contributed by atoms with Gasteiger partial charge in [0.05, 0.1) is 25.3 Å². The Bertz CT molecular complexity index is 1620. The molecular formula is C36H41FN2O5. The lowest BCUT2D eigenvalue weighted by molar-refractivity contribution is -0.136. The van der Waals surface area contributed by atoms with Crippen molar-refractivity contribution in [3.63, 3.8) is 0 Å². The summed E-state index contributed by atoms with van der Waals surface area (Å²) in [5.41, 5.74) is 9.63. The number of halogens is 1. The highest BCUT2D eigenvalue weighted by Crippen LogP contribution is 2.45. The van der Waals surface area contributed by atoms with Gasteiger partial charge in [0.1, 0.15) is 17.3 Å². The van der Waals surface area contributed by atoms with E-state index in [1.54, 1.807) is 27.2 Å². The van der Waals surface area contributed by atoms with Gasteiger partial charge in [-0.25, -0.2) is 4.39 Å². The summed E-state index contributed by atoms with van der Waals surface area (Å²) in [5, 5.41) is 11.3. The summed E-state index contributed by atoms with van der Waals surface area (Å²) >= 11 is 0. The zero-order chi connectivity index (χ0) is 32.0. The molecule has 8 heteroatoms. The van der Waals surface area contributed by atoms with Gasteiger partial charge < -0.3 is 20.3 Å². The molecule has 2 atom stereocenters. The van der Waals surface area contributed by atoms with Gasteiger partial charge in [-0.1, -0.05) is 54.6 Å². The van der Waals surface area contributed by atoms with E-state index in [4.69, 9.17) is 20.3 Å². The first-order valence-corrected chi connectivity index (χ1v) is 14.8. The smallest absolute Gasteiger partial charge is 0.303 e. The van der Waals surface area contributed by atoms with Crippen molar-refractivity contribution in [2.45, 2.75) is 65.1 Å². The Labute approximate surface area is 258 Å². The van der Waals surface area contributed by atoms with Crippen LogP contribution in [0, 0.1) is 12.7 Å². The average molecular weight is 601 g/mol. The molecule has 0 radical (unpaired) electrons. The summed E-state index contributed by atoms with van der Waals surface area (Å²) in [4.78, 5) is 24.3. The number of carbonyl (C=O) groups excluding carboxylic acids is 1. The summed E-state index contributed by atoms with van der Waals surface area (Å²) < 4.78 is 24.6. The summed E-state index contributed by atoms with van der Waals surface area (Å²) in [5.74, 6) is -0.465. The molecular weight excluding hydrogens is 559 g/mol. The van der Waals surface area contributed by atoms with Crippen molar-refractivity contribution in [1.29, 1.82) is 0 Å². The van der Waals surface area contributed by atoms with Crippen LogP contribution in [0.2, 0.25) is 0 Å². The fourth-order valence-corrected chi connectivity index (χ4v) is 6.14. The van der Waals surface area contributed by atoms with E-state index < -0.39 is 17.7 Å². The quantitative estimate of drug-likeness (QED) is 0.212. The molecule has 232 valence electrons. The summed E-state index contributed by atoms with van der Waals surface area (Å²) in [6.07, 6.45) is 3.04. The first kappa shape index (κ1) is 32.5. The second-order valence-electron chi connectivity index (χ2n) is 11.3. The average Bonchev–Trinajstić information content (AvgIpc) is 3.31. The Morgan fingerprint density at radius 3 is 2.16 bits per heavy atom. The fourth-order valence-electron chi connectivity index (χ4n) is 6.14. The van der Waals surface area contributed by atoms with Gasteiger partial charge in [0, 0.05) is 30.6 Å². The lowest BCUT2D eigenvalue weighted by Gasteiger charge is -2.28. The van der Waals surface area contributed by atoms with E-state index in [2.05, 4.69) is 43.0 Å². The summed E-state index contributed by atoms with van der Waals surface area (Å²) in [6, 6.07) is 21.9. The highest BCUT2D eigenvalue weighted by Gasteiger charge is 2.29. The lowest BCUT2D eigenvalue weighted by atomic mass is 9.92. The Morgan fingerprint density at radius 2 is 1.57 bits per heavy atom. The molecule has 7 nitrogen and oxygen atoms in total. The number of nitrogens with zero attached hydrogens (tertiary/aromatic N) is 1. The van der Waals surface area contributed by atoms with Gasteiger partial charge in [-0.05, 0) is 79.6 Å². The largest absolute Gasteiger partial charge is 0.496 e. The predicted molar refractivity (Wildman–Crippen MR) is 172 cm³/mol. The van der Waals surface area contributed by atoms with E-state index in [1.807, 2.05) is 24.3 Å². The molecule has 44 heavy (non-hydrogen) atoms. The Balaban J connectivity index is 0.000000339. The van der Waals surface area contributed by atoms with Gasteiger partial charge in [0.2, 0.25) is 0 Å². The van der Waals surface area contributed by atoms with Crippen molar-refractivity contribution in [1.82, 2.24) is 4.90 Å². The van der Waals surface area contributed by atoms with E-state index in [0.29, 0.717) is 24.1 Å². The molecule has 1 amide bonds. The molecule has 1 aliphatic heterocycles. The number of methoxy groups -OCH3 is 2. The standard InChI is InChI=1S/C28H33NO4.C8H8FNO/c1-18-11-12-19(2)29(18)17-21-13-15-25(32-3)27(28(21)33-4)24-10-6-8-22-20(14-16-26(30)31)7-5-9-23(22)24;1-5-3-2-4-6(9)7(5)8(10)11/h5-10,13,15,18-19H,11-12,14,16-17H2,1-4H3,(H,30,31);2-4H,1H3,(H2,10,11). The molecule has 1 saturated heterocycles. The van der Waals surface area contributed by atoms with Gasteiger partial charge in [-0.2, -0.15) is 0 Å². The van der Waals surface area contributed by atoms with E-state index in [1.165, 1.54) is 25.0 Å². The minimum atomic E-state index is -0.787. The molecule has 1 aliphatic rings. The van der Waals surface area contributed by atoms with Crippen LogP contribution in [0.15, 0.2) is 66.7 Å². The summed E-state index contributed by atoms with van der Waals surface area (Å²) in [7, 11) is 3.41. The van der Waals surface area contributed by atoms with Crippen molar-refractivity contribution < 1.29 is 28.6 Å². The molecule has 3 N–H and O–H groups in total. The maximum Gasteiger partial charge on any atom is 0.303 e. The third-order valence-corrected chi connectivity index (χ3v) is 8.47. The maximum atomic E-state index is 12.8. The van der Waals surface area contributed by atoms with Crippen LogP contribution in [0.4, 0.5) is 4.39 Å². The molecule has 4 aromatic rings. The van der Waals surface area contributed by atoms with Crippen LogP contribution in [0.25, 0.3) is 21.9 Å². The number of nitrogens with two attached hydrogens (primary N) is 1. The maximum absolute atomic E-state index is 12.8. The van der Waals surface area contributed by atoms with Gasteiger partial charge in [0.25, 0.3) is 5.91 Å². The van der Waals surface area contributed by atoms with Gasteiger partial charge in [-0.3, -0.25) is 14.5 Å². The number of hydrogen-bond donors (Lipinski definition) is 2. The molecule has 1 fully saturated rings. The van der Waals surface area contributed by atoms with Crippen LogP contribution in [0.5, 0.6) is 11.5 Å². The van der Waals surface area contributed by atoms with Crippen LogP contribution < -0.4 is 15.2 Å². The highest BCUT2D eigenvalue weighted by molar-refractivity contribution is 6.01. The van der Waals surface area contributed by atoms with Crippen LogP contribution in [0.1, 0.15) is 60.2 Å². The number of ether oxygens (including phenoxy) is 2. The number of carbonyl (C=O) groups is 2. The van der Waals surface area contributed by atoms with Crippen LogP contribution in [-0.4, -0.2) is 48.2 Å². The minimum Gasteiger partial charge on any atom is -0.496 e. The number of hydrogen-bond acceptors (Lipinski definition) is 5. The number of fused-ring (bicyclic) bond motifs is 1. The predicted octanol–water partition coefficient (Wildman–Crippen LogP) is 7.15. The Hall–Kier alpha value is -4.43. The number of likely N-dealkylation sites (tertiary alicyclic amines) is 1. The number of aliphatic carboxylic acids is 1. The van der Waals surface area contributed by atoms with Gasteiger partial charge in [0.15, 0.2) is 0 Å². The molecule has 0 bridgehead atoms. The van der Waals surface area contributed by atoms with Crippen molar-refractivity contribution in [3.8, 4) is 22.6 Å². The van der Waals surface area contributed by atoms with E-state index >= 15 is 0 Å². The Kier molecular flexibility index (Phi) is 10.6. The molecule has 0 saturated carbocycles. The molecule has 1 heterocycles. The van der Waals surface area contributed by atoms with Crippen LogP contribution in [-0.2, 0) is 17.8 Å². The Morgan fingerprint density at radius 1 is 0.909 bits per heavy atom. The first-order valence-electron chi connectivity index (χ1n) is 14.8.